The van der Waals surface area contributed by atoms with Gasteiger partial charge in [-0.1, -0.05) is 74.9 Å². The molecule has 0 N–H and O–H groups in total. The third-order valence-electron chi connectivity index (χ3n) is 4.90. The van der Waals surface area contributed by atoms with E-state index in [0.717, 1.165) is 5.92 Å². The topological polar surface area (TPSA) is 43.4 Å². The molecule has 1 saturated heterocycles. The summed E-state index contributed by atoms with van der Waals surface area (Å²) in [6.07, 6.45) is 7.61. The molecule has 0 amide bonds. The van der Waals surface area contributed by atoms with Crippen LogP contribution < -0.4 is 9.37 Å². The predicted molar refractivity (Wildman–Crippen MR) is 95.3 cm³/mol. The summed E-state index contributed by atoms with van der Waals surface area (Å²) in [7, 11) is -6.69. The van der Waals surface area contributed by atoms with Gasteiger partial charge in [-0.25, -0.2) is 0 Å². The van der Waals surface area contributed by atoms with Crippen LogP contribution in [0.15, 0.2) is 24.3 Å². The highest BCUT2D eigenvalue weighted by molar-refractivity contribution is 7.88. The molecule has 0 aromatic heterocycles. The molecule has 1 fully saturated rings. The highest BCUT2D eigenvalue weighted by Gasteiger charge is 2.48. The second kappa shape index (κ2) is 8.57. The average molecular weight is 395 g/mol. The van der Waals surface area contributed by atoms with E-state index in [4.69, 9.17) is 0 Å². The van der Waals surface area contributed by atoms with E-state index in [1.54, 1.807) is 12.1 Å². The zero-order valence-corrected chi connectivity index (χ0v) is 16.4. The lowest BCUT2D eigenvalue weighted by Crippen LogP contribution is -2.34. The van der Waals surface area contributed by atoms with Crippen molar-refractivity contribution in [1.82, 2.24) is 0 Å². The number of benzene rings is 1. The van der Waals surface area contributed by atoms with Crippen LogP contribution in [0, 0.1) is 5.92 Å². The zero-order valence-electron chi connectivity index (χ0n) is 14.4. The van der Waals surface area contributed by atoms with E-state index in [9.17, 15) is 21.6 Å². The third-order valence-corrected chi connectivity index (χ3v) is 9.27. The number of hydrogen-bond donors (Lipinski definition) is 0. The molecule has 1 aliphatic rings. The minimum atomic E-state index is -5.60. The summed E-state index contributed by atoms with van der Waals surface area (Å²) in [5.74, 6) is 0.526. The Morgan fingerprint density at radius 1 is 1.12 bits per heavy atom. The van der Waals surface area contributed by atoms with Gasteiger partial charge in [-0.2, -0.15) is 21.6 Å². The van der Waals surface area contributed by atoms with Crippen molar-refractivity contribution in [2.75, 3.05) is 0 Å². The Bertz CT molecular complexity index is 636. The van der Waals surface area contributed by atoms with Gasteiger partial charge in [0.05, 0.1) is 8.80 Å². The summed E-state index contributed by atoms with van der Waals surface area (Å²) in [6, 6.07) is 8.54. The van der Waals surface area contributed by atoms with Gasteiger partial charge in [-0.15, -0.1) is 0 Å². The first-order chi connectivity index (χ1) is 11.7. The fourth-order valence-electron chi connectivity index (χ4n) is 3.44. The molecule has 0 bridgehead atoms. The van der Waals surface area contributed by atoms with Crippen molar-refractivity contribution in [2.45, 2.75) is 63.0 Å². The summed E-state index contributed by atoms with van der Waals surface area (Å²) in [6.45, 7) is 2.21. The van der Waals surface area contributed by atoms with Crippen molar-refractivity contribution < 1.29 is 25.8 Å². The second-order valence-corrected chi connectivity index (χ2v) is 11.5. The lowest BCUT2D eigenvalue weighted by Gasteiger charge is -2.28. The molecule has 3 nitrogen and oxygen atoms in total. The minimum Gasteiger partial charge on any atom is -0.376 e. The molecular weight excluding hydrogens is 369 g/mol. The van der Waals surface area contributed by atoms with E-state index in [2.05, 4.69) is 11.1 Å². The van der Waals surface area contributed by atoms with Crippen LogP contribution in [0.25, 0.3) is 0 Å². The number of rotatable bonds is 7. The first kappa shape index (κ1) is 20.3. The minimum absolute atomic E-state index is 0.289. The Morgan fingerprint density at radius 3 is 2.24 bits per heavy atom. The molecule has 1 aliphatic heterocycles. The van der Waals surface area contributed by atoms with Crippen LogP contribution in [0.4, 0.5) is 13.2 Å². The first-order valence-electron chi connectivity index (χ1n) is 8.83. The van der Waals surface area contributed by atoms with Gasteiger partial charge in [0.15, 0.2) is 0 Å². The van der Waals surface area contributed by atoms with Crippen molar-refractivity contribution in [3.05, 3.63) is 24.3 Å². The Morgan fingerprint density at radius 2 is 1.72 bits per heavy atom. The normalized spacial score (nSPS) is 21.9. The van der Waals surface area contributed by atoms with Gasteiger partial charge in [0.2, 0.25) is 0 Å². The predicted octanol–water partition coefficient (Wildman–Crippen LogP) is 4.34. The Balaban J connectivity index is 1.89. The van der Waals surface area contributed by atoms with Crippen LogP contribution >= 0.6 is 0 Å². The van der Waals surface area contributed by atoms with Crippen LogP contribution in [-0.2, 0) is 10.1 Å². The van der Waals surface area contributed by atoms with Gasteiger partial charge in [0.1, 0.15) is 5.75 Å². The molecule has 0 spiro atoms. The fraction of sp³-hybridized carbons (Fsp3) is 0.647. The number of alkyl halides is 3. The summed E-state index contributed by atoms with van der Waals surface area (Å²) in [4.78, 5) is 0. The van der Waals surface area contributed by atoms with Crippen molar-refractivity contribution in [3.8, 4) is 5.75 Å². The molecule has 25 heavy (non-hydrogen) atoms. The van der Waals surface area contributed by atoms with Crippen LogP contribution in [0.3, 0.4) is 0 Å². The van der Waals surface area contributed by atoms with Crippen molar-refractivity contribution in [3.63, 3.8) is 0 Å². The Kier molecular flexibility index (Phi) is 6.96. The molecule has 0 unspecified atom stereocenters. The third kappa shape index (κ3) is 5.74. The van der Waals surface area contributed by atoms with E-state index in [1.165, 1.54) is 67.9 Å². The van der Waals surface area contributed by atoms with Crippen molar-refractivity contribution in [2.24, 2.45) is 5.92 Å². The summed E-state index contributed by atoms with van der Waals surface area (Å²) >= 11 is 0. The summed E-state index contributed by atoms with van der Waals surface area (Å²) < 4.78 is 63.2. The van der Waals surface area contributed by atoms with Gasteiger partial charge in [-0.05, 0) is 18.1 Å². The Hall–Kier alpha value is -1.02. The van der Waals surface area contributed by atoms with E-state index in [-0.39, 0.29) is 5.75 Å². The smallest absolute Gasteiger partial charge is 0.376 e. The van der Waals surface area contributed by atoms with Gasteiger partial charge in [0.25, 0.3) is 0 Å². The lowest BCUT2D eigenvalue weighted by atomic mass is 9.96. The second-order valence-electron chi connectivity index (χ2n) is 6.77. The molecule has 142 valence electrons. The quantitative estimate of drug-likeness (QED) is 0.299. The SMILES string of the molecule is CCCCCC1CC[SiH](c2ccc(OS(=O)(=O)C(F)(F)F)cc2)CC1. The molecular formula is C17H25F3O3SSi. The van der Waals surface area contributed by atoms with Gasteiger partial charge in [0, 0.05) is 0 Å². The lowest BCUT2D eigenvalue weighted by molar-refractivity contribution is -0.0500. The maximum atomic E-state index is 12.3. The molecule has 0 atom stereocenters. The first-order valence-corrected chi connectivity index (χ1v) is 12.5. The van der Waals surface area contributed by atoms with Gasteiger partial charge < -0.3 is 4.18 Å². The molecule has 0 aliphatic carbocycles. The molecule has 0 saturated carbocycles. The molecule has 1 aromatic carbocycles. The summed E-state index contributed by atoms with van der Waals surface area (Å²) in [5.41, 5.74) is -5.41. The standard InChI is InChI=1S/C17H25F3O3SSi/c1-2-3-4-5-14-10-12-25(13-11-14)16-8-6-15(7-9-16)23-24(21,22)17(18,19)20/h6-9,14,25H,2-5,10-13H2,1H3. The molecule has 8 heteroatoms. The maximum absolute atomic E-state index is 12.3. The highest BCUT2D eigenvalue weighted by Crippen LogP contribution is 2.30. The number of halogens is 3. The summed E-state index contributed by atoms with van der Waals surface area (Å²) in [5, 5.41) is 1.17. The average Bonchev–Trinajstić information content (AvgIpc) is 2.55. The molecule has 2 rings (SSSR count). The van der Waals surface area contributed by atoms with Crippen molar-refractivity contribution in [1.29, 1.82) is 0 Å². The van der Waals surface area contributed by atoms with Crippen LogP contribution in [-0.4, -0.2) is 22.7 Å². The largest absolute Gasteiger partial charge is 0.534 e. The van der Waals surface area contributed by atoms with E-state index < -0.39 is 24.4 Å². The monoisotopic (exact) mass is 394 g/mol. The van der Waals surface area contributed by atoms with E-state index in [0.29, 0.717) is 0 Å². The van der Waals surface area contributed by atoms with Crippen LogP contribution in [0.5, 0.6) is 5.75 Å². The molecule has 0 radical (unpaired) electrons. The van der Waals surface area contributed by atoms with Crippen LogP contribution in [0.1, 0.15) is 45.4 Å². The van der Waals surface area contributed by atoms with Gasteiger partial charge >= 0.3 is 15.6 Å². The highest BCUT2D eigenvalue weighted by atomic mass is 32.2. The maximum Gasteiger partial charge on any atom is 0.534 e. The molecule has 1 aromatic rings. The van der Waals surface area contributed by atoms with Crippen molar-refractivity contribution >= 4 is 24.1 Å². The van der Waals surface area contributed by atoms with Crippen LogP contribution in [0.2, 0.25) is 12.1 Å². The van der Waals surface area contributed by atoms with Gasteiger partial charge in [-0.3, -0.25) is 0 Å². The Labute approximate surface area is 149 Å². The number of hydrogen-bond acceptors (Lipinski definition) is 3. The molecule has 1 heterocycles. The zero-order chi connectivity index (χ0) is 18.5. The van der Waals surface area contributed by atoms with E-state index in [1.807, 2.05) is 0 Å². The van der Waals surface area contributed by atoms with E-state index >= 15 is 0 Å². The number of unbranched alkanes of at least 4 members (excludes halogenated alkanes) is 2. The fourth-order valence-corrected chi connectivity index (χ4v) is 7.34.